The molecule has 0 atom stereocenters. The summed E-state index contributed by atoms with van der Waals surface area (Å²) in [5.74, 6) is 6.24. The average molecular weight is 227 g/mol. The molecule has 2 aromatic heterocycles. The van der Waals surface area contributed by atoms with Gasteiger partial charge in [0.05, 0.1) is 4.88 Å². The van der Waals surface area contributed by atoms with Crippen LogP contribution < -0.4 is 0 Å². The molecule has 1 nitrogen and oxygen atoms in total. The maximum atomic E-state index is 4.44. The number of nitrogens with zero attached hydrogens (tertiary/aromatic N) is 1. The van der Waals surface area contributed by atoms with E-state index in [0.29, 0.717) is 0 Å². The molecule has 0 fully saturated rings. The minimum Gasteiger partial charge on any atom is -0.244 e. The molecule has 0 bridgehead atoms. The third-order valence-corrected chi connectivity index (χ3v) is 3.14. The number of pyridine rings is 1. The van der Waals surface area contributed by atoms with Crippen LogP contribution in [0.2, 0.25) is 0 Å². The van der Waals surface area contributed by atoms with Crippen LogP contribution in [0.3, 0.4) is 0 Å². The Labute approximate surface area is 100 Å². The zero-order chi connectivity index (χ0) is 11.4. The Kier molecular flexibility index (Phi) is 3.38. The van der Waals surface area contributed by atoms with Crippen molar-refractivity contribution in [2.75, 3.05) is 0 Å². The van der Waals surface area contributed by atoms with Crippen molar-refractivity contribution in [3.05, 3.63) is 51.5 Å². The molecule has 0 aliphatic heterocycles. The second-order valence-corrected chi connectivity index (χ2v) is 4.82. The molecule has 2 heterocycles. The molecule has 16 heavy (non-hydrogen) atoms. The van der Waals surface area contributed by atoms with Crippen molar-refractivity contribution in [2.24, 2.45) is 0 Å². The van der Waals surface area contributed by atoms with Crippen LogP contribution in [0.1, 0.15) is 28.1 Å². The van der Waals surface area contributed by atoms with Gasteiger partial charge in [-0.3, -0.25) is 0 Å². The molecule has 0 amide bonds. The van der Waals surface area contributed by atoms with Crippen molar-refractivity contribution >= 4 is 11.3 Å². The Balaban J connectivity index is 2.23. The van der Waals surface area contributed by atoms with E-state index in [2.05, 4.69) is 42.8 Å². The monoisotopic (exact) mass is 227 g/mol. The minimum atomic E-state index is 0.852. The van der Waals surface area contributed by atoms with Gasteiger partial charge >= 0.3 is 0 Å². The summed E-state index contributed by atoms with van der Waals surface area (Å²) in [6.45, 7) is 4.19. The minimum absolute atomic E-state index is 0.852. The third kappa shape index (κ3) is 2.71. The molecule has 0 radical (unpaired) electrons. The molecule has 0 spiro atoms. The first-order valence-corrected chi connectivity index (χ1v) is 6.14. The van der Waals surface area contributed by atoms with Gasteiger partial charge in [-0.2, -0.15) is 0 Å². The highest BCUT2D eigenvalue weighted by molar-refractivity contribution is 7.12. The summed E-state index contributed by atoms with van der Waals surface area (Å²) in [4.78, 5) is 6.83. The van der Waals surface area contributed by atoms with Crippen LogP contribution in [-0.4, -0.2) is 4.98 Å². The topological polar surface area (TPSA) is 12.9 Å². The van der Waals surface area contributed by atoms with E-state index < -0.39 is 0 Å². The van der Waals surface area contributed by atoms with Gasteiger partial charge in [-0.05, 0) is 49.5 Å². The fraction of sp³-hybridized carbons (Fsp3) is 0.214. The maximum Gasteiger partial charge on any atom is 0.113 e. The summed E-state index contributed by atoms with van der Waals surface area (Å²) in [7, 11) is 0. The number of hydrogen-bond donors (Lipinski definition) is 0. The largest absolute Gasteiger partial charge is 0.244 e. The van der Waals surface area contributed by atoms with E-state index in [1.54, 1.807) is 11.3 Å². The molecule has 2 rings (SSSR count). The molecule has 0 aromatic carbocycles. The van der Waals surface area contributed by atoms with Crippen molar-refractivity contribution in [1.29, 1.82) is 0 Å². The van der Waals surface area contributed by atoms with E-state index >= 15 is 0 Å². The Morgan fingerprint density at radius 2 is 2.06 bits per heavy atom. The first-order chi connectivity index (χ1) is 7.78. The first-order valence-electron chi connectivity index (χ1n) is 5.32. The Morgan fingerprint density at radius 1 is 1.19 bits per heavy atom. The van der Waals surface area contributed by atoms with Crippen LogP contribution in [0.25, 0.3) is 0 Å². The van der Waals surface area contributed by atoms with Crippen LogP contribution in [0.4, 0.5) is 0 Å². The Bertz CT molecular complexity index is 543. The molecule has 2 aromatic rings. The summed E-state index contributed by atoms with van der Waals surface area (Å²) in [6, 6.07) is 10.1. The van der Waals surface area contributed by atoms with E-state index in [0.717, 1.165) is 22.7 Å². The molecule has 2 heteroatoms. The second-order valence-electron chi connectivity index (χ2n) is 3.53. The number of thiophene rings is 1. The highest BCUT2D eigenvalue weighted by Crippen LogP contribution is 2.13. The van der Waals surface area contributed by atoms with Gasteiger partial charge < -0.3 is 0 Å². The summed E-state index contributed by atoms with van der Waals surface area (Å²) in [6.07, 6.45) is 0.952. The van der Waals surface area contributed by atoms with Crippen LogP contribution in [-0.2, 0) is 6.42 Å². The summed E-state index contributed by atoms with van der Waals surface area (Å²) in [5, 5.41) is 0. The predicted octanol–water partition coefficient (Wildman–Crippen LogP) is 3.41. The van der Waals surface area contributed by atoms with Gasteiger partial charge in [0.1, 0.15) is 5.69 Å². The maximum absolute atomic E-state index is 4.44. The van der Waals surface area contributed by atoms with Crippen LogP contribution in [0.15, 0.2) is 30.3 Å². The van der Waals surface area contributed by atoms with Crippen molar-refractivity contribution in [2.45, 2.75) is 20.3 Å². The van der Waals surface area contributed by atoms with Gasteiger partial charge in [0.2, 0.25) is 0 Å². The number of hydrogen-bond acceptors (Lipinski definition) is 2. The van der Waals surface area contributed by atoms with E-state index in [1.165, 1.54) is 4.88 Å². The lowest BCUT2D eigenvalue weighted by Crippen LogP contribution is -1.88. The molecule has 0 saturated heterocycles. The smallest absolute Gasteiger partial charge is 0.113 e. The highest BCUT2D eigenvalue weighted by atomic mass is 32.1. The van der Waals surface area contributed by atoms with Gasteiger partial charge in [0, 0.05) is 10.6 Å². The van der Waals surface area contributed by atoms with Gasteiger partial charge in [0.25, 0.3) is 0 Å². The normalized spacial score (nSPS) is 9.62. The Morgan fingerprint density at radius 3 is 2.75 bits per heavy atom. The molecular formula is C14H13NS. The molecular weight excluding hydrogens is 214 g/mol. The molecule has 0 saturated carbocycles. The first kappa shape index (κ1) is 10.9. The number of aromatic nitrogens is 1. The summed E-state index contributed by atoms with van der Waals surface area (Å²) in [5.41, 5.74) is 1.94. The van der Waals surface area contributed by atoms with Crippen molar-refractivity contribution in [1.82, 2.24) is 4.98 Å². The Hall–Kier alpha value is -1.59. The molecule has 0 unspecified atom stereocenters. The summed E-state index contributed by atoms with van der Waals surface area (Å²) < 4.78 is 0. The van der Waals surface area contributed by atoms with Crippen LogP contribution in [0.5, 0.6) is 0 Å². The van der Waals surface area contributed by atoms with Gasteiger partial charge in [-0.1, -0.05) is 13.0 Å². The molecule has 0 aliphatic rings. The predicted molar refractivity (Wildman–Crippen MR) is 68.7 cm³/mol. The fourth-order valence-corrected chi connectivity index (χ4v) is 2.09. The average Bonchev–Trinajstić information content (AvgIpc) is 2.73. The third-order valence-electron chi connectivity index (χ3n) is 2.22. The zero-order valence-electron chi connectivity index (χ0n) is 9.45. The van der Waals surface area contributed by atoms with Gasteiger partial charge in [-0.25, -0.2) is 4.98 Å². The lowest BCUT2D eigenvalue weighted by molar-refractivity contribution is 1.03. The van der Waals surface area contributed by atoms with Crippen molar-refractivity contribution < 1.29 is 0 Å². The summed E-state index contributed by atoms with van der Waals surface area (Å²) >= 11 is 1.72. The number of rotatable bonds is 1. The van der Waals surface area contributed by atoms with E-state index in [-0.39, 0.29) is 0 Å². The van der Waals surface area contributed by atoms with Crippen LogP contribution >= 0.6 is 11.3 Å². The molecule has 0 N–H and O–H groups in total. The molecule has 80 valence electrons. The highest BCUT2D eigenvalue weighted by Gasteiger charge is 1.93. The van der Waals surface area contributed by atoms with Gasteiger partial charge in [-0.15, -0.1) is 11.3 Å². The van der Waals surface area contributed by atoms with Crippen LogP contribution in [0, 0.1) is 18.8 Å². The number of aryl methyl sites for hydroxylation is 2. The van der Waals surface area contributed by atoms with E-state index in [1.807, 2.05) is 18.2 Å². The lowest BCUT2D eigenvalue weighted by atomic mass is 10.2. The van der Waals surface area contributed by atoms with Gasteiger partial charge in [0.15, 0.2) is 0 Å². The van der Waals surface area contributed by atoms with Crippen molar-refractivity contribution in [3.8, 4) is 11.8 Å². The SMILES string of the molecule is CCc1cccc(C#Cc2ccc(C)s2)n1. The van der Waals surface area contributed by atoms with E-state index in [4.69, 9.17) is 0 Å². The van der Waals surface area contributed by atoms with E-state index in [9.17, 15) is 0 Å². The lowest BCUT2D eigenvalue weighted by Gasteiger charge is -1.94. The van der Waals surface area contributed by atoms with Crippen molar-refractivity contribution in [3.63, 3.8) is 0 Å². The zero-order valence-corrected chi connectivity index (χ0v) is 10.3. The quantitative estimate of drug-likeness (QED) is 0.680. The fourth-order valence-electron chi connectivity index (χ4n) is 1.37. The standard InChI is InChI=1S/C14H13NS/c1-3-12-5-4-6-13(15-12)8-10-14-9-7-11(2)16-14/h4-7,9H,3H2,1-2H3. The second kappa shape index (κ2) is 4.96. The molecule has 0 aliphatic carbocycles.